The lowest BCUT2D eigenvalue weighted by Crippen LogP contribution is -2.60. The van der Waals surface area contributed by atoms with Crippen molar-refractivity contribution in [3.8, 4) is 0 Å². The SMILES string of the molecule is CC1CC(CN)(N(C)c2ccccc2F)CCN1C. The summed E-state index contributed by atoms with van der Waals surface area (Å²) in [5.41, 5.74) is 6.55. The summed E-state index contributed by atoms with van der Waals surface area (Å²) in [4.78, 5) is 4.38. The molecule has 0 radical (unpaired) electrons. The zero-order valence-electron chi connectivity index (χ0n) is 12.1. The number of hydrogen-bond acceptors (Lipinski definition) is 3. The Hall–Kier alpha value is -1.13. The van der Waals surface area contributed by atoms with Gasteiger partial charge in [-0.15, -0.1) is 0 Å². The van der Waals surface area contributed by atoms with E-state index in [9.17, 15) is 4.39 Å². The zero-order chi connectivity index (χ0) is 14.0. The highest BCUT2D eigenvalue weighted by Gasteiger charge is 2.40. The summed E-state index contributed by atoms with van der Waals surface area (Å²) in [5, 5.41) is 0. The van der Waals surface area contributed by atoms with Crippen LogP contribution in [0.5, 0.6) is 0 Å². The van der Waals surface area contributed by atoms with Crippen molar-refractivity contribution in [1.82, 2.24) is 4.90 Å². The number of para-hydroxylation sites is 1. The maximum absolute atomic E-state index is 14.0. The van der Waals surface area contributed by atoms with Crippen LogP contribution in [0.1, 0.15) is 19.8 Å². The number of nitrogens with two attached hydrogens (primary N) is 1. The molecule has 4 heteroatoms. The lowest BCUT2D eigenvalue weighted by Gasteiger charge is -2.50. The molecule has 0 amide bonds. The second kappa shape index (κ2) is 5.47. The summed E-state index contributed by atoms with van der Waals surface area (Å²) in [5.74, 6) is -0.176. The van der Waals surface area contributed by atoms with Crippen molar-refractivity contribution in [1.29, 1.82) is 0 Å². The Bertz CT molecular complexity index is 437. The fourth-order valence-corrected chi connectivity index (χ4v) is 3.02. The van der Waals surface area contributed by atoms with Crippen LogP contribution in [0.4, 0.5) is 10.1 Å². The van der Waals surface area contributed by atoms with E-state index in [1.54, 1.807) is 6.07 Å². The van der Waals surface area contributed by atoms with Gasteiger partial charge in [0.2, 0.25) is 0 Å². The van der Waals surface area contributed by atoms with Gasteiger partial charge in [0.25, 0.3) is 0 Å². The van der Waals surface area contributed by atoms with Gasteiger partial charge in [-0.2, -0.15) is 0 Å². The van der Waals surface area contributed by atoms with Crippen molar-refractivity contribution in [3.05, 3.63) is 30.1 Å². The molecule has 1 heterocycles. The minimum Gasteiger partial charge on any atom is -0.365 e. The standard InChI is InChI=1S/C15H24FN3/c1-12-10-15(11-17,8-9-18(12)2)19(3)14-7-5-4-6-13(14)16/h4-7,12H,8-11,17H2,1-3H3. The van der Waals surface area contributed by atoms with Crippen LogP contribution in [0.2, 0.25) is 0 Å². The van der Waals surface area contributed by atoms with E-state index >= 15 is 0 Å². The molecular formula is C15H24FN3. The molecule has 0 bridgehead atoms. The lowest BCUT2D eigenvalue weighted by molar-refractivity contribution is 0.132. The van der Waals surface area contributed by atoms with Gasteiger partial charge in [-0.05, 0) is 38.9 Å². The fraction of sp³-hybridized carbons (Fsp3) is 0.600. The van der Waals surface area contributed by atoms with E-state index in [-0.39, 0.29) is 11.4 Å². The Morgan fingerprint density at radius 2 is 2.16 bits per heavy atom. The predicted octanol–water partition coefficient (Wildman–Crippen LogP) is 2.07. The maximum atomic E-state index is 14.0. The second-order valence-electron chi connectivity index (χ2n) is 5.72. The van der Waals surface area contributed by atoms with Gasteiger partial charge in [-0.25, -0.2) is 4.39 Å². The highest BCUT2D eigenvalue weighted by molar-refractivity contribution is 5.50. The van der Waals surface area contributed by atoms with Crippen LogP contribution < -0.4 is 10.6 Å². The number of anilines is 1. The Labute approximate surface area is 115 Å². The molecule has 1 aliphatic heterocycles. The van der Waals surface area contributed by atoms with Gasteiger partial charge in [-0.1, -0.05) is 12.1 Å². The van der Waals surface area contributed by atoms with Crippen LogP contribution in [0.25, 0.3) is 0 Å². The van der Waals surface area contributed by atoms with Gasteiger partial charge >= 0.3 is 0 Å². The summed E-state index contributed by atoms with van der Waals surface area (Å²) in [6, 6.07) is 7.40. The molecule has 0 aliphatic carbocycles. The second-order valence-corrected chi connectivity index (χ2v) is 5.72. The van der Waals surface area contributed by atoms with Crippen LogP contribution in [0.3, 0.4) is 0 Å². The van der Waals surface area contributed by atoms with Crippen molar-refractivity contribution < 1.29 is 4.39 Å². The summed E-state index contributed by atoms with van der Waals surface area (Å²) < 4.78 is 14.0. The number of piperidine rings is 1. The third-order valence-corrected chi connectivity index (χ3v) is 4.66. The summed E-state index contributed by atoms with van der Waals surface area (Å²) in [6.45, 7) is 3.76. The molecule has 1 aliphatic rings. The van der Waals surface area contributed by atoms with Crippen molar-refractivity contribution >= 4 is 5.69 Å². The van der Waals surface area contributed by atoms with E-state index in [0.717, 1.165) is 19.4 Å². The quantitative estimate of drug-likeness (QED) is 0.908. The van der Waals surface area contributed by atoms with E-state index in [1.807, 2.05) is 24.1 Å². The lowest BCUT2D eigenvalue weighted by atomic mass is 9.82. The monoisotopic (exact) mass is 265 g/mol. The zero-order valence-corrected chi connectivity index (χ0v) is 12.1. The summed E-state index contributed by atoms with van der Waals surface area (Å²) in [6.07, 6.45) is 1.93. The fourth-order valence-electron chi connectivity index (χ4n) is 3.02. The molecule has 2 N–H and O–H groups in total. The third-order valence-electron chi connectivity index (χ3n) is 4.66. The molecule has 2 atom stereocenters. The molecule has 0 aromatic heterocycles. The smallest absolute Gasteiger partial charge is 0.146 e. The molecule has 1 aromatic rings. The molecule has 1 saturated heterocycles. The molecule has 106 valence electrons. The minimum absolute atomic E-state index is 0.145. The van der Waals surface area contributed by atoms with Crippen LogP contribution in [-0.2, 0) is 0 Å². The van der Waals surface area contributed by atoms with Crippen LogP contribution in [0.15, 0.2) is 24.3 Å². The van der Waals surface area contributed by atoms with E-state index in [0.29, 0.717) is 18.3 Å². The number of likely N-dealkylation sites (N-methyl/N-ethyl adjacent to an activating group) is 1. The number of hydrogen-bond donors (Lipinski definition) is 1. The van der Waals surface area contributed by atoms with Crippen LogP contribution >= 0.6 is 0 Å². The Morgan fingerprint density at radius 3 is 2.74 bits per heavy atom. The highest BCUT2D eigenvalue weighted by Crippen LogP contribution is 2.34. The molecule has 0 spiro atoms. The van der Waals surface area contributed by atoms with Crippen molar-refractivity contribution in [3.63, 3.8) is 0 Å². The molecule has 19 heavy (non-hydrogen) atoms. The van der Waals surface area contributed by atoms with Crippen LogP contribution in [-0.4, -0.2) is 43.7 Å². The van der Waals surface area contributed by atoms with Crippen molar-refractivity contribution in [2.45, 2.75) is 31.3 Å². The molecular weight excluding hydrogens is 241 g/mol. The van der Waals surface area contributed by atoms with Gasteiger partial charge in [0.05, 0.1) is 11.2 Å². The van der Waals surface area contributed by atoms with E-state index < -0.39 is 0 Å². The topological polar surface area (TPSA) is 32.5 Å². The summed E-state index contributed by atoms with van der Waals surface area (Å²) in [7, 11) is 4.09. The predicted molar refractivity (Wildman–Crippen MR) is 77.9 cm³/mol. The molecule has 2 rings (SSSR count). The number of halogens is 1. The Balaban J connectivity index is 2.29. The summed E-state index contributed by atoms with van der Waals surface area (Å²) >= 11 is 0. The Kier molecular flexibility index (Phi) is 4.11. The van der Waals surface area contributed by atoms with Gasteiger partial charge in [0, 0.05) is 26.2 Å². The number of rotatable bonds is 3. The average molecular weight is 265 g/mol. The average Bonchev–Trinajstić information content (AvgIpc) is 2.42. The van der Waals surface area contributed by atoms with E-state index in [1.165, 1.54) is 6.07 Å². The molecule has 1 aromatic carbocycles. The normalized spacial score (nSPS) is 28.4. The van der Waals surface area contributed by atoms with Gasteiger partial charge in [0.1, 0.15) is 5.82 Å². The van der Waals surface area contributed by atoms with E-state index in [4.69, 9.17) is 5.73 Å². The number of benzene rings is 1. The van der Waals surface area contributed by atoms with Crippen molar-refractivity contribution in [2.75, 3.05) is 32.1 Å². The first-order valence-electron chi connectivity index (χ1n) is 6.89. The molecule has 2 unspecified atom stereocenters. The first-order chi connectivity index (χ1) is 9.00. The first-order valence-corrected chi connectivity index (χ1v) is 6.89. The molecule has 3 nitrogen and oxygen atoms in total. The number of nitrogens with zero attached hydrogens (tertiary/aromatic N) is 2. The van der Waals surface area contributed by atoms with E-state index in [2.05, 4.69) is 18.9 Å². The third kappa shape index (κ3) is 2.60. The minimum atomic E-state index is -0.176. The largest absolute Gasteiger partial charge is 0.365 e. The Morgan fingerprint density at radius 1 is 1.47 bits per heavy atom. The van der Waals surface area contributed by atoms with Gasteiger partial charge in [-0.3, -0.25) is 0 Å². The van der Waals surface area contributed by atoms with Crippen molar-refractivity contribution in [2.24, 2.45) is 5.73 Å². The molecule has 1 fully saturated rings. The first kappa shape index (κ1) is 14.3. The maximum Gasteiger partial charge on any atom is 0.146 e. The molecule has 0 saturated carbocycles. The highest BCUT2D eigenvalue weighted by atomic mass is 19.1. The van der Waals surface area contributed by atoms with Crippen LogP contribution in [0, 0.1) is 5.82 Å². The number of likely N-dealkylation sites (tertiary alicyclic amines) is 1. The van der Waals surface area contributed by atoms with Gasteiger partial charge < -0.3 is 15.5 Å². The van der Waals surface area contributed by atoms with Gasteiger partial charge in [0.15, 0.2) is 0 Å².